The average molecular weight is 312 g/mol. The van der Waals surface area contributed by atoms with E-state index in [0.29, 0.717) is 19.4 Å². The Morgan fingerprint density at radius 3 is 2.91 bits per heavy atom. The minimum atomic E-state index is -0.991. The number of benzene rings is 1. The summed E-state index contributed by atoms with van der Waals surface area (Å²) in [7, 11) is 1.40. The zero-order valence-corrected chi connectivity index (χ0v) is 13.2. The Hall–Kier alpha value is -2.30. The molecule has 0 aliphatic carbocycles. The van der Waals surface area contributed by atoms with E-state index < -0.39 is 5.54 Å². The highest BCUT2D eigenvalue weighted by Crippen LogP contribution is 2.44. The first-order chi connectivity index (χ1) is 11.2. The van der Waals surface area contributed by atoms with Crippen molar-refractivity contribution in [3.63, 3.8) is 0 Å². The van der Waals surface area contributed by atoms with Gasteiger partial charge in [0.2, 0.25) is 5.91 Å². The van der Waals surface area contributed by atoms with Gasteiger partial charge in [-0.3, -0.25) is 4.79 Å². The smallest absolute Gasteiger partial charge is 0.338 e. The molecule has 0 bridgehead atoms. The van der Waals surface area contributed by atoms with Gasteiger partial charge in [-0.2, -0.15) is 0 Å². The van der Waals surface area contributed by atoms with Crippen LogP contribution in [0.1, 0.15) is 36.9 Å². The molecule has 2 aliphatic heterocycles. The van der Waals surface area contributed by atoms with Crippen LogP contribution in [0.25, 0.3) is 10.9 Å². The van der Waals surface area contributed by atoms with E-state index in [1.807, 2.05) is 18.2 Å². The van der Waals surface area contributed by atoms with Crippen LogP contribution in [0.2, 0.25) is 0 Å². The maximum absolute atomic E-state index is 12.8. The second-order valence-corrected chi connectivity index (χ2v) is 6.38. The number of amides is 1. The molecule has 23 heavy (non-hydrogen) atoms. The van der Waals surface area contributed by atoms with Crippen LogP contribution >= 0.6 is 0 Å². The van der Waals surface area contributed by atoms with Crippen molar-refractivity contribution in [1.82, 2.24) is 9.88 Å². The van der Waals surface area contributed by atoms with E-state index in [2.05, 4.69) is 11.1 Å². The normalized spacial score (nSPS) is 24.0. The maximum Gasteiger partial charge on any atom is 0.338 e. The van der Waals surface area contributed by atoms with Crippen molar-refractivity contribution in [2.75, 3.05) is 13.7 Å². The highest BCUT2D eigenvalue weighted by atomic mass is 16.5. The van der Waals surface area contributed by atoms with Crippen molar-refractivity contribution in [1.29, 1.82) is 0 Å². The Bertz CT molecular complexity index is 795. The Labute approximate surface area is 134 Å². The van der Waals surface area contributed by atoms with Gasteiger partial charge in [-0.15, -0.1) is 0 Å². The van der Waals surface area contributed by atoms with Gasteiger partial charge in [-0.1, -0.05) is 18.2 Å². The van der Waals surface area contributed by atoms with Crippen LogP contribution in [0.15, 0.2) is 24.3 Å². The number of hydrogen-bond acceptors (Lipinski definition) is 3. The number of rotatable bonds is 1. The first kappa shape index (κ1) is 14.3. The molecule has 3 heterocycles. The Morgan fingerprint density at radius 1 is 1.26 bits per heavy atom. The third-order valence-electron chi connectivity index (χ3n) is 5.28. The van der Waals surface area contributed by atoms with E-state index in [0.717, 1.165) is 41.4 Å². The lowest BCUT2D eigenvalue weighted by molar-refractivity contribution is -0.164. The summed E-state index contributed by atoms with van der Waals surface area (Å²) in [6, 6.07) is 8.07. The molecule has 1 unspecified atom stereocenters. The maximum atomic E-state index is 12.8. The number of fused-ring (bicyclic) bond motifs is 5. The summed E-state index contributed by atoms with van der Waals surface area (Å²) >= 11 is 0. The van der Waals surface area contributed by atoms with E-state index in [9.17, 15) is 9.59 Å². The van der Waals surface area contributed by atoms with E-state index >= 15 is 0 Å². The summed E-state index contributed by atoms with van der Waals surface area (Å²) < 4.78 is 5.15. The Balaban J connectivity index is 2.00. The number of ether oxygens (including phenoxy) is 1. The second kappa shape index (κ2) is 5.11. The summed E-state index contributed by atoms with van der Waals surface area (Å²) in [6.07, 6.45) is 3.55. The summed E-state index contributed by atoms with van der Waals surface area (Å²) in [4.78, 5) is 30.6. The minimum Gasteiger partial charge on any atom is -0.467 e. The molecule has 1 fully saturated rings. The van der Waals surface area contributed by atoms with Crippen LogP contribution in [-0.4, -0.2) is 35.4 Å². The lowest BCUT2D eigenvalue weighted by Gasteiger charge is -2.43. The highest BCUT2D eigenvalue weighted by molar-refractivity contribution is 5.94. The lowest BCUT2D eigenvalue weighted by Crippen LogP contribution is -2.57. The van der Waals surface area contributed by atoms with Crippen LogP contribution in [-0.2, 0) is 26.3 Å². The standard InChI is InChI=1S/C18H20N2O3/c1-23-17(22)18-10-5-4-8-15(21)20(18)11-9-13-12-6-2-3-7-14(12)19-16(13)18/h2-3,6-7,19H,4-5,8-11H2,1H3. The molecule has 1 amide bonds. The summed E-state index contributed by atoms with van der Waals surface area (Å²) in [5, 5.41) is 1.14. The number of aromatic nitrogens is 1. The summed E-state index contributed by atoms with van der Waals surface area (Å²) in [6.45, 7) is 0.572. The number of carbonyl (C=O) groups is 2. The number of H-pyrrole nitrogens is 1. The molecule has 0 saturated carbocycles. The van der Waals surface area contributed by atoms with Crippen LogP contribution < -0.4 is 0 Å². The molecule has 0 radical (unpaired) electrons. The summed E-state index contributed by atoms with van der Waals surface area (Å²) in [5.41, 5.74) is 2.03. The van der Waals surface area contributed by atoms with E-state index in [4.69, 9.17) is 4.74 Å². The molecular weight excluding hydrogens is 292 g/mol. The number of para-hydroxylation sites is 1. The van der Waals surface area contributed by atoms with Gasteiger partial charge in [0, 0.05) is 23.9 Å². The van der Waals surface area contributed by atoms with Crippen LogP contribution in [0, 0.1) is 0 Å². The predicted octanol–water partition coefficient (Wildman–Crippen LogP) is 2.49. The molecule has 2 aliphatic rings. The molecule has 5 nitrogen and oxygen atoms in total. The zero-order chi connectivity index (χ0) is 16.0. The largest absolute Gasteiger partial charge is 0.467 e. The number of nitrogens with one attached hydrogen (secondary N) is 1. The van der Waals surface area contributed by atoms with Crippen LogP contribution in [0.3, 0.4) is 0 Å². The van der Waals surface area contributed by atoms with E-state index in [-0.39, 0.29) is 11.9 Å². The first-order valence-corrected chi connectivity index (χ1v) is 8.17. The van der Waals surface area contributed by atoms with Crippen molar-refractivity contribution in [2.24, 2.45) is 0 Å². The minimum absolute atomic E-state index is 0.0530. The van der Waals surface area contributed by atoms with Gasteiger partial charge in [0.15, 0.2) is 5.54 Å². The van der Waals surface area contributed by atoms with Gasteiger partial charge in [0.25, 0.3) is 0 Å². The molecule has 2 aromatic rings. The van der Waals surface area contributed by atoms with Gasteiger partial charge >= 0.3 is 5.97 Å². The zero-order valence-electron chi connectivity index (χ0n) is 13.2. The number of nitrogens with zero attached hydrogens (tertiary/aromatic N) is 1. The molecule has 1 saturated heterocycles. The monoisotopic (exact) mass is 312 g/mol. The van der Waals surface area contributed by atoms with Gasteiger partial charge in [-0.05, 0) is 37.3 Å². The van der Waals surface area contributed by atoms with Crippen molar-refractivity contribution in [3.05, 3.63) is 35.5 Å². The fourth-order valence-electron chi connectivity index (χ4n) is 4.23. The molecule has 4 rings (SSSR count). The van der Waals surface area contributed by atoms with Gasteiger partial charge in [0.1, 0.15) is 0 Å². The summed E-state index contributed by atoms with van der Waals surface area (Å²) in [5.74, 6) is -0.280. The lowest BCUT2D eigenvalue weighted by atomic mass is 9.81. The molecule has 0 spiro atoms. The van der Waals surface area contributed by atoms with Crippen molar-refractivity contribution in [3.8, 4) is 0 Å². The number of esters is 1. The molecule has 1 N–H and O–H groups in total. The van der Waals surface area contributed by atoms with Crippen molar-refractivity contribution >= 4 is 22.8 Å². The fraction of sp³-hybridized carbons (Fsp3) is 0.444. The topological polar surface area (TPSA) is 62.4 Å². The Morgan fingerprint density at radius 2 is 2.09 bits per heavy atom. The van der Waals surface area contributed by atoms with Crippen molar-refractivity contribution < 1.29 is 14.3 Å². The third kappa shape index (κ3) is 1.85. The number of methoxy groups -OCH3 is 1. The molecule has 1 aromatic carbocycles. The van der Waals surface area contributed by atoms with Gasteiger partial charge < -0.3 is 14.6 Å². The fourth-order valence-corrected chi connectivity index (χ4v) is 4.23. The Kier molecular flexibility index (Phi) is 3.18. The SMILES string of the molecule is COC(=O)C12CCCCC(=O)N1CCc1c2[nH]c2ccccc12. The highest BCUT2D eigenvalue weighted by Gasteiger charge is 2.53. The number of carbonyl (C=O) groups excluding carboxylic acids is 2. The number of hydrogen-bond donors (Lipinski definition) is 1. The molecule has 5 heteroatoms. The van der Waals surface area contributed by atoms with E-state index in [1.54, 1.807) is 4.90 Å². The quantitative estimate of drug-likeness (QED) is 0.823. The first-order valence-electron chi connectivity index (χ1n) is 8.17. The van der Waals surface area contributed by atoms with E-state index in [1.165, 1.54) is 7.11 Å². The van der Waals surface area contributed by atoms with Crippen LogP contribution in [0.4, 0.5) is 0 Å². The average Bonchev–Trinajstić information content (AvgIpc) is 2.87. The molecule has 1 aromatic heterocycles. The third-order valence-corrected chi connectivity index (χ3v) is 5.28. The molecular formula is C18H20N2O3. The second-order valence-electron chi connectivity index (χ2n) is 6.38. The predicted molar refractivity (Wildman–Crippen MR) is 85.9 cm³/mol. The molecule has 1 atom stereocenters. The van der Waals surface area contributed by atoms with Crippen molar-refractivity contribution in [2.45, 2.75) is 37.6 Å². The number of aromatic amines is 1. The molecule has 120 valence electrons. The van der Waals surface area contributed by atoms with Gasteiger partial charge in [0.05, 0.1) is 12.8 Å². The van der Waals surface area contributed by atoms with Crippen LogP contribution in [0.5, 0.6) is 0 Å². The van der Waals surface area contributed by atoms with Gasteiger partial charge in [-0.25, -0.2) is 4.79 Å².